The van der Waals surface area contributed by atoms with Gasteiger partial charge in [0.15, 0.2) is 0 Å². The van der Waals surface area contributed by atoms with Gasteiger partial charge >= 0.3 is 0 Å². The standard InChI is InChI=1S/C20H25N3O3S/c1-22(2)16-7-6-13(12-14(16)20(25)23-8-10-26-11-9-23)19-21-15-4-3-5-17(24)18(15)27-19/h6-7,12,17,24H,3-5,8-11H2,1-2H3. The molecule has 2 aromatic rings. The number of aryl methyl sites for hydroxylation is 1. The van der Waals surface area contributed by atoms with E-state index in [0.717, 1.165) is 46.1 Å². The molecule has 1 atom stereocenters. The topological polar surface area (TPSA) is 65.9 Å². The molecule has 1 aliphatic heterocycles. The number of hydrogen-bond acceptors (Lipinski definition) is 6. The zero-order valence-corrected chi connectivity index (χ0v) is 16.6. The van der Waals surface area contributed by atoms with Crippen molar-refractivity contribution < 1.29 is 14.6 Å². The average Bonchev–Trinajstić information content (AvgIpc) is 3.13. The molecule has 1 aromatic heterocycles. The first-order valence-electron chi connectivity index (χ1n) is 9.41. The SMILES string of the molecule is CN(C)c1ccc(-c2nc3c(s2)C(O)CCC3)cc1C(=O)N1CCOCC1. The molecule has 6 nitrogen and oxygen atoms in total. The number of hydrogen-bond donors (Lipinski definition) is 1. The first-order chi connectivity index (χ1) is 13.0. The molecule has 1 unspecified atom stereocenters. The molecule has 1 fully saturated rings. The van der Waals surface area contributed by atoms with Crippen LogP contribution in [0.4, 0.5) is 5.69 Å². The Labute approximate surface area is 163 Å². The van der Waals surface area contributed by atoms with Gasteiger partial charge in [0.25, 0.3) is 5.91 Å². The van der Waals surface area contributed by atoms with Gasteiger partial charge in [-0.1, -0.05) is 0 Å². The van der Waals surface area contributed by atoms with Gasteiger partial charge in [0.05, 0.1) is 35.5 Å². The van der Waals surface area contributed by atoms with E-state index in [1.807, 2.05) is 42.1 Å². The van der Waals surface area contributed by atoms with Crippen LogP contribution >= 0.6 is 11.3 Å². The fraction of sp³-hybridized carbons (Fsp3) is 0.500. The average molecular weight is 388 g/mol. The predicted molar refractivity (Wildman–Crippen MR) is 106 cm³/mol. The van der Waals surface area contributed by atoms with Gasteiger partial charge in [-0.15, -0.1) is 11.3 Å². The largest absolute Gasteiger partial charge is 0.388 e. The van der Waals surface area contributed by atoms with Crippen molar-refractivity contribution in [2.45, 2.75) is 25.4 Å². The summed E-state index contributed by atoms with van der Waals surface area (Å²) in [6.45, 7) is 2.40. The smallest absolute Gasteiger partial charge is 0.256 e. The molecule has 1 aliphatic carbocycles. The number of aromatic nitrogens is 1. The predicted octanol–water partition coefficient (Wildman–Crippen LogP) is 2.72. The van der Waals surface area contributed by atoms with Crippen LogP contribution in [0.1, 0.15) is 39.9 Å². The van der Waals surface area contributed by atoms with Crippen LogP contribution in [0.3, 0.4) is 0 Å². The Bertz CT molecular complexity index is 843. The summed E-state index contributed by atoms with van der Waals surface area (Å²) in [5.41, 5.74) is 3.53. The van der Waals surface area contributed by atoms with Crippen molar-refractivity contribution >= 4 is 22.9 Å². The molecule has 0 radical (unpaired) electrons. The van der Waals surface area contributed by atoms with Crippen molar-refractivity contribution in [3.8, 4) is 10.6 Å². The highest BCUT2D eigenvalue weighted by Crippen LogP contribution is 2.38. The maximum atomic E-state index is 13.1. The van der Waals surface area contributed by atoms with Crippen LogP contribution in [0.25, 0.3) is 10.6 Å². The number of anilines is 1. The number of thiazole rings is 1. The number of aliphatic hydroxyl groups excluding tert-OH is 1. The summed E-state index contributed by atoms with van der Waals surface area (Å²) in [6.07, 6.45) is 2.28. The first-order valence-corrected chi connectivity index (χ1v) is 10.2. The Balaban J connectivity index is 1.71. The molecule has 1 aromatic carbocycles. The van der Waals surface area contributed by atoms with Gasteiger partial charge in [-0.05, 0) is 37.5 Å². The summed E-state index contributed by atoms with van der Waals surface area (Å²) in [5, 5.41) is 11.1. The van der Waals surface area contributed by atoms with Crippen molar-refractivity contribution in [1.29, 1.82) is 0 Å². The van der Waals surface area contributed by atoms with E-state index in [1.165, 1.54) is 0 Å². The van der Waals surface area contributed by atoms with Crippen molar-refractivity contribution in [2.24, 2.45) is 0 Å². The van der Waals surface area contributed by atoms with Crippen LogP contribution in [-0.2, 0) is 11.2 Å². The number of carbonyl (C=O) groups is 1. The van der Waals surface area contributed by atoms with Crippen LogP contribution in [-0.4, -0.2) is 61.3 Å². The van der Waals surface area contributed by atoms with Crippen molar-refractivity contribution in [3.05, 3.63) is 34.3 Å². The number of morpholine rings is 1. The lowest BCUT2D eigenvalue weighted by Crippen LogP contribution is -2.41. The molecule has 144 valence electrons. The first kappa shape index (κ1) is 18.4. The highest BCUT2D eigenvalue weighted by molar-refractivity contribution is 7.15. The summed E-state index contributed by atoms with van der Waals surface area (Å²) in [6, 6.07) is 5.95. The Hall–Kier alpha value is -1.96. The second-order valence-electron chi connectivity index (χ2n) is 7.27. The minimum atomic E-state index is -0.407. The van der Waals surface area contributed by atoms with E-state index in [0.29, 0.717) is 31.9 Å². The summed E-state index contributed by atoms with van der Waals surface area (Å²) >= 11 is 1.55. The van der Waals surface area contributed by atoms with Crippen LogP contribution in [0.5, 0.6) is 0 Å². The van der Waals surface area contributed by atoms with E-state index >= 15 is 0 Å². The van der Waals surface area contributed by atoms with E-state index in [4.69, 9.17) is 9.72 Å². The number of amides is 1. The number of rotatable bonds is 3. The number of nitrogens with zero attached hydrogens (tertiary/aromatic N) is 3. The number of aliphatic hydroxyl groups is 1. The molecule has 2 aliphatic rings. The molecule has 0 saturated carbocycles. The monoisotopic (exact) mass is 387 g/mol. The van der Waals surface area contributed by atoms with Gasteiger partial charge < -0.3 is 19.6 Å². The van der Waals surface area contributed by atoms with E-state index < -0.39 is 6.10 Å². The minimum Gasteiger partial charge on any atom is -0.388 e. The number of carbonyl (C=O) groups excluding carboxylic acids is 1. The van der Waals surface area contributed by atoms with Crippen molar-refractivity contribution in [2.75, 3.05) is 45.3 Å². The fourth-order valence-corrected chi connectivity index (χ4v) is 4.82. The Morgan fingerprint density at radius 2 is 2.11 bits per heavy atom. The molecule has 7 heteroatoms. The normalized spacial score (nSPS) is 19.7. The lowest BCUT2D eigenvalue weighted by molar-refractivity contribution is 0.0303. The number of benzene rings is 1. The van der Waals surface area contributed by atoms with Crippen LogP contribution in [0.15, 0.2) is 18.2 Å². The summed E-state index contributed by atoms with van der Waals surface area (Å²) in [7, 11) is 3.90. The van der Waals surface area contributed by atoms with Crippen molar-refractivity contribution in [1.82, 2.24) is 9.88 Å². The quantitative estimate of drug-likeness (QED) is 0.877. The number of fused-ring (bicyclic) bond motifs is 1. The van der Waals surface area contributed by atoms with Gasteiger partial charge in [-0.3, -0.25) is 4.79 Å². The van der Waals surface area contributed by atoms with Gasteiger partial charge in [-0.2, -0.15) is 0 Å². The zero-order chi connectivity index (χ0) is 19.0. The molecule has 0 spiro atoms. The third-order valence-electron chi connectivity index (χ3n) is 5.18. The molecular weight excluding hydrogens is 362 g/mol. The third kappa shape index (κ3) is 3.59. The van der Waals surface area contributed by atoms with E-state index in [2.05, 4.69) is 0 Å². The second-order valence-corrected chi connectivity index (χ2v) is 8.30. The van der Waals surface area contributed by atoms with Crippen LogP contribution in [0.2, 0.25) is 0 Å². The van der Waals surface area contributed by atoms with E-state index in [1.54, 1.807) is 11.3 Å². The van der Waals surface area contributed by atoms with Crippen molar-refractivity contribution in [3.63, 3.8) is 0 Å². The summed E-state index contributed by atoms with van der Waals surface area (Å²) in [4.78, 5) is 22.7. The van der Waals surface area contributed by atoms with Gasteiger partial charge in [0, 0.05) is 38.4 Å². The molecule has 4 rings (SSSR count). The lowest BCUT2D eigenvalue weighted by atomic mass is 10.0. The fourth-order valence-electron chi connectivity index (χ4n) is 3.69. The highest BCUT2D eigenvalue weighted by Gasteiger charge is 2.25. The van der Waals surface area contributed by atoms with Gasteiger partial charge in [0.2, 0.25) is 0 Å². The Kier molecular flexibility index (Phi) is 5.16. The number of ether oxygens (including phenoxy) is 1. The molecule has 1 amide bonds. The maximum Gasteiger partial charge on any atom is 0.256 e. The van der Waals surface area contributed by atoms with Crippen LogP contribution < -0.4 is 4.90 Å². The Morgan fingerprint density at radius 3 is 2.81 bits per heavy atom. The highest BCUT2D eigenvalue weighted by atomic mass is 32.1. The van der Waals surface area contributed by atoms with E-state index in [-0.39, 0.29) is 5.91 Å². The summed E-state index contributed by atoms with van der Waals surface area (Å²) < 4.78 is 5.38. The third-order valence-corrected chi connectivity index (χ3v) is 6.42. The second kappa shape index (κ2) is 7.58. The maximum absolute atomic E-state index is 13.1. The minimum absolute atomic E-state index is 0.0326. The molecule has 1 saturated heterocycles. The van der Waals surface area contributed by atoms with E-state index in [9.17, 15) is 9.90 Å². The lowest BCUT2D eigenvalue weighted by Gasteiger charge is -2.28. The summed E-state index contributed by atoms with van der Waals surface area (Å²) in [5.74, 6) is 0.0326. The molecule has 2 heterocycles. The van der Waals surface area contributed by atoms with Crippen LogP contribution in [0, 0.1) is 0 Å². The van der Waals surface area contributed by atoms with Gasteiger partial charge in [-0.25, -0.2) is 4.98 Å². The molecule has 27 heavy (non-hydrogen) atoms. The van der Waals surface area contributed by atoms with Gasteiger partial charge in [0.1, 0.15) is 5.01 Å². The molecular formula is C20H25N3O3S. The molecule has 1 N–H and O–H groups in total. The zero-order valence-electron chi connectivity index (χ0n) is 15.8. The Morgan fingerprint density at radius 1 is 1.33 bits per heavy atom. The molecule has 0 bridgehead atoms.